The van der Waals surface area contributed by atoms with E-state index in [4.69, 9.17) is 4.74 Å². The van der Waals surface area contributed by atoms with E-state index in [2.05, 4.69) is 27.7 Å². The Labute approximate surface area is 96.8 Å². The van der Waals surface area contributed by atoms with Gasteiger partial charge in [0.2, 0.25) is 0 Å². The van der Waals surface area contributed by atoms with Crippen molar-refractivity contribution in [3.8, 4) is 0 Å². The highest BCUT2D eigenvalue weighted by Crippen LogP contribution is 2.17. The lowest BCUT2D eigenvalue weighted by atomic mass is 10.1. The van der Waals surface area contributed by atoms with Gasteiger partial charge in [-0.25, -0.2) is 4.79 Å². The molecule has 0 saturated heterocycles. The summed E-state index contributed by atoms with van der Waals surface area (Å²) in [6.07, 6.45) is 3.53. The zero-order valence-corrected chi connectivity index (χ0v) is 10.6. The van der Waals surface area contributed by atoms with Gasteiger partial charge >= 0.3 is 5.97 Å². The quantitative estimate of drug-likeness (QED) is 0.631. The molecule has 1 rings (SSSR count). The largest absolute Gasteiger partial charge is 0.464 e. The maximum Gasteiger partial charge on any atom is 0.333 e. The van der Waals surface area contributed by atoms with Crippen LogP contribution in [0.3, 0.4) is 0 Å². The number of rotatable bonds is 3. The highest BCUT2D eigenvalue weighted by Gasteiger charge is 2.31. The van der Waals surface area contributed by atoms with Crippen molar-refractivity contribution in [2.24, 2.45) is 0 Å². The number of carbonyl (C=O) groups excluding carboxylic acids is 1. The fourth-order valence-corrected chi connectivity index (χ4v) is 1.40. The summed E-state index contributed by atoms with van der Waals surface area (Å²) in [7, 11) is 0. The van der Waals surface area contributed by atoms with E-state index in [0.717, 1.165) is 3.57 Å². The third-order valence-electron chi connectivity index (χ3n) is 1.90. The maximum atomic E-state index is 11.6. The Morgan fingerprint density at radius 2 is 2.36 bits per heavy atom. The molecule has 0 aliphatic rings. The molecular formula is C9H13IN2O2. The summed E-state index contributed by atoms with van der Waals surface area (Å²) in [5.74, 6) is -0.264. The lowest BCUT2D eigenvalue weighted by Gasteiger charge is -2.22. The van der Waals surface area contributed by atoms with E-state index < -0.39 is 5.54 Å². The summed E-state index contributed by atoms with van der Waals surface area (Å²) >= 11 is 2.15. The summed E-state index contributed by atoms with van der Waals surface area (Å²) in [6, 6.07) is 0. The van der Waals surface area contributed by atoms with Gasteiger partial charge in [-0.1, -0.05) is 0 Å². The van der Waals surface area contributed by atoms with Crippen molar-refractivity contribution in [3.05, 3.63) is 16.0 Å². The number of halogens is 1. The minimum absolute atomic E-state index is 0.264. The van der Waals surface area contributed by atoms with Gasteiger partial charge < -0.3 is 4.74 Å². The van der Waals surface area contributed by atoms with Crippen LogP contribution in [0.25, 0.3) is 0 Å². The van der Waals surface area contributed by atoms with Crippen LogP contribution in [0.1, 0.15) is 20.8 Å². The Bertz CT molecular complexity index is 333. The molecule has 78 valence electrons. The summed E-state index contributed by atoms with van der Waals surface area (Å²) in [5, 5.41) is 4.10. The van der Waals surface area contributed by atoms with Crippen LogP contribution in [0.4, 0.5) is 0 Å². The fraction of sp³-hybridized carbons (Fsp3) is 0.556. The first kappa shape index (κ1) is 11.5. The van der Waals surface area contributed by atoms with Crippen LogP contribution in [0.2, 0.25) is 0 Å². The van der Waals surface area contributed by atoms with Gasteiger partial charge in [-0.3, -0.25) is 4.68 Å². The molecule has 0 saturated carbocycles. The van der Waals surface area contributed by atoms with Crippen LogP contribution < -0.4 is 0 Å². The smallest absolute Gasteiger partial charge is 0.333 e. The third kappa shape index (κ3) is 2.26. The molecule has 0 aliphatic heterocycles. The average molecular weight is 308 g/mol. The second-order valence-corrected chi connectivity index (χ2v) is 4.63. The summed E-state index contributed by atoms with van der Waals surface area (Å²) < 4.78 is 7.59. The average Bonchev–Trinajstić information content (AvgIpc) is 2.52. The van der Waals surface area contributed by atoms with E-state index >= 15 is 0 Å². The van der Waals surface area contributed by atoms with Crippen LogP contribution in [-0.4, -0.2) is 22.4 Å². The Hall–Kier alpha value is -0.590. The topological polar surface area (TPSA) is 44.1 Å². The molecule has 0 unspecified atom stereocenters. The number of hydrogen-bond donors (Lipinski definition) is 0. The van der Waals surface area contributed by atoms with Crippen molar-refractivity contribution in [1.29, 1.82) is 0 Å². The number of esters is 1. The van der Waals surface area contributed by atoms with Gasteiger partial charge in [-0.05, 0) is 43.4 Å². The van der Waals surface area contributed by atoms with Gasteiger partial charge in [0.05, 0.1) is 16.4 Å². The van der Waals surface area contributed by atoms with Crippen molar-refractivity contribution in [3.63, 3.8) is 0 Å². The first-order chi connectivity index (χ1) is 6.48. The van der Waals surface area contributed by atoms with Gasteiger partial charge in [0.25, 0.3) is 0 Å². The maximum absolute atomic E-state index is 11.6. The molecule has 14 heavy (non-hydrogen) atoms. The van der Waals surface area contributed by atoms with E-state index in [1.165, 1.54) is 0 Å². The molecule has 0 aromatic carbocycles. The molecule has 0 spiro atoms. The van der Waals surface area contributed by atoms with Crippen molar-refractivity contribution in [2.75, 3.05) is 6.61 Å². The summed E-state index contributed by atoms with van der Waals surface area (Å²) in [6.45, 7) is 5.75. The number of hydrogen-bond acceptors (Lipinski definition) is 3. The highest BCUT2D eigenvalue weighted by molar-refractivity contribution is 14.1. The van der Waals surface area contributed by atoms with Crippen LogP contribution in [0.5, 0.6) is 0 Å². The van der Waals surface area contributed by atoms with Crippen molar-refractivity contribution >= 4 is 28.6 Å². The van der Waals surface area contributed by atoms with Gasteiger partial charge in [0.1, 0.15) is 0 Å². The standard InChI is InChI=1S/C9H13IN2O2/c1-4-14-8(13)9(2,3)12-6-7(10)5-11-12/h5-6H,4H2,1-3H3. The molecule has 0 bridgehead atoms. The lowest BCUT2D eigenvalue weighted by molar-refractivity contribution is -0.152. The van der Waals surface area contributed by atoms with Gasteiger partial charge in [-0.15, -0.1) is 0 Å². The Balaban J connectivity index is 2.89. The lowest BCUT2D eigenvalue weighted by Crippen LogP contribution is -2.37. The Morgan fingerprint density at radius 3 is 2.79 bits per heavy atom. The van der Waals surface area contributed by atoms with Crippen LogP contribution in [-0.2, 0) is 15.1 Å². The van der Waals surface area contributed by atoms with Gasteiger partial charge in [0, 0.05) is 6.20 Å². The second-order valence-electron chi connectivity index (χ2n) is 3.38. The second kappa shape index (κ2) is 4.29. The molecule has 1 heterocycles. The van der Waals surface area contributed by atoms with Crippen molar-refractivity contribution in [1.82, 2.24) is 9.78 Å². The zero-order chi connectivity index (χ0) is 10.8. The molecule has 0 aliphatic carbocycles. The zero-order valence-electron chi connectivity index (χ0n) is 8.45. The van der Waals surface area contributed by atoms with E-state index in [-0.39, 0.29) is 5.97 Å². The van der Waals surface area contributed by atoms with Crippen molar-refractivity contribution < 1.29 is 9.53 Å². The van der Waals surface area contributed by atoms with Gasteiger partial charge in [-0.2, -0.15) is 5.10 Å². The highest BCUT2D eigenvalue weighted by atomic mass is 127. The molecule has 0 fully saturated rings. The predicted octanol–water partition coefficient (Wildman–Crippen LogP) is 1.79. The monoisotopic (exact) mass is 308 g/mol. The molecule has 0 atom stereocenters. The van der Waals surface area contributed by atoms with Crippen molar-refractivity contribution in [2.45, 2.75) is 26.3 Å². The number of nitrogens with zero attached hydrogens (tertiary/aromatic N) is 2. The molecule has 1 aromatic heterocycles. The number of carbonyl (C=O) groups is 1. The molecule has 0 amide bonds. The van der Waals surface area contributed by atoms with Crippen LogP contribution >= 0.6 is 22.6 Å². The Kier molecular flexibility index (Phi) is 3.52. The minimum Gasteiger partial charge on any atom is -0.464 e. The molecule has 5 heteroatoms. The normalized spacial score (nSPS) is 11.4. The number of aromatic nitrogens is 2. The fourth-order valence-electron chi connectivity index (χ4n) is 1.01. The summed E-state index contributed by atoms with van der Waals surface area (Å²) in [4.78, 5) is 11.6. The van der Waals surface area contributed by atoms with E-state index in [1.54, 1.807) is 31.6 Å². The first-order valence-electron chi connectivity index (χ1n) is 4.36. The molecule has 1 aromatic rings. The Morgan fingerprint density at radius 1 is 1.71 bits per heavy atom. The molecule has 0 N–H and O–H groups in total. The molecule has 0 radical (unpaired) electrons. The van der Waals surface area contributed by atoms with E-state index in [9.17, 15) is 4.79 Å². The van der Waals surface area contributed by atoms with Crippen LogP contribution in [0, 0.1) is 3.57 Å². The van der Waals surface area contributed by atoms with Crippen LogP contribution in [0.15, 0.2) is 12.4 Å². The number of ether oxygens (including phenoxy) is 1. The van der Waals surface area contributed by atoms with E-state index in [0.29, 0.717) is 6.61 Å². The molecule has 4 nitrogen and oxygen atoms in total. The predicted molar refractivity (Wildman–Crippen MR) is 60.9 cm³/mol. The van der Waals surface area contributed by atoms with Gasteiger partial charge in [0.15, 0.2) is 5.54 Å². The van der Waals surface area contributed by atoms with E-state index in [1.807, 2.05) is 6.20 Å². The first-order valence-corrected chi connectivity index (χ1v) is 5.44. The SMILES string of the molecule is CCOC(=O)C(C)(C)n1cc(I)cn1. The summed E-state index contributed by atoms with van der Waals surface area (Å²) in [5.41, 5.74) is -0.737. The molecular weight excluding hydrogens is 295 g/mol. The minimum atomic E-state index is -0.737. The third-order valence-corrected chi connectivity index (χ3v) is 2.46.